The van der Waals surface area contributed by atoms with E-state index in [1.807, 2.05) is 32.8 Å². The van der Waals surface area contributed by atoms with E-state index in [-0.39, 0.29) is 12.0 Å². The maximum atomic E-state index is 12.1. The van der Waals surface area contributed by atoms with Crippen molar-refractivity contribution in [1.82, 2.24) is 10.2 Å². The van der Waals surface area contributed by atoms with Crippen LogP contribution in [0.25, 0.3) is 0 Å². The summed E-state index contributed by atoms with van der Waals surface area (Å²) in [6, 6.07) is -0.0630. The zero-order valence-corrected chi connectivity index (χ0v) is 10.2. The highest BCUT2D eigenvalue weighted by atomic mass is 19.4. The Morgan fingerprint density at radius 3 is 2.06 bits per heavy atom. The van der Waals surface area contributed by atoms with E-state index in [1.165, 1.54) is 0 Å². The number of halogens is 3. The quantitative estimate of drug-likeness (QED) is 0.732. The van der Waals surface area contributed by atoms with Gasteiger partial charge in [-0.1, -0.05) is 13.8 Å². The first kappa shape index (κ1) is 15.7. The van der Waals surface area contributed by atoms with Gasteiger partial charge in [-0.25, -0.2) is 0 Å². The van der Waals surface area contributed by atoms with Crippen LogP contribution in [0.15, 0.2) is 0 Å². The average molecular weight is 242 g/mol. The number of likely N-dealkylation sites (N-methyl/N-ethyl adjacent to an activating group) is 1. The molecule has 0 amide bonds. The Labute approximate surface area is 94.6 Å². The molecule has 6 heteroatoms. The number of nitrogens with one attached hydrogen (secondary N) is 1. The molecule has 0 saturated carbocycles. The summed E-state index contributed by atoms with van der Waals surface area (Å²) >= 11 is 0. The normalized spacial score (nSPS) is 16.9. The molecule has 0 bridgehead atoms. The van der Waals surface area contributed by atoms with Crippen LogP contribution in [0.4, 0.5) is 13.2 Å². The third-order valence-corrected chi connectivity index (χ3v) is 2.32. The molecule has 0 spiro atoms. The zero-order chi connectivity index (χ0) is 12.9. The van der Waals surface area contributed by atoms with Gasteiger partial charge in [0.2, 0.25) is 0 Å². The van der Waals surface area contributed by atoms with E-state index in [2.05, 4.69) is 5.32 Å². The first-order chi connectivity index (χ1) is 7.14. The molecule has 98 valence electrons. The SMILES string of the molecule is CC(C)C(CN(C)C)NCC(O)C(F)(F)F. The van der Waals surface area contributed by atoms with Crippen molar-refractivity contribution in [3.8, 4) is 0 Å². The van der Waals surface area contributed by atoms with Gasteiger partial charge < -0.3 is 15.3 Å². The van der Waals surface area contributed by atoms with Gasteiger partial charge in [-0.15, -0.1) is 0 Å². The smallest absolute Gasteiger partial charge is 0.382 e. The predicted octanol–water partition coefficient (Wildman–Crippen LogP) is 1.09. The molecule has 0 aromatic rings. The third-order valence-electron chi connectivity index (χ3n) is 2.32. The van der Waals surface area contributed by atoms with Gasteiger partial charge in [-0.2, -0.15) is 13.2 Å². The van der Waals surface area contributed by atoms with Gasteiger partial charge in [0, 0.05) is 19.1 Å². The van der Waals surface area contributed by atoms with E-state index in [0.717, 1.165) is 0 Å². The second-order valence-corrected chi connectivity index (χ2v) is 4.58. The van der Waals surface area contributed by atoms with E-state index in [9.17, 15) is 13.2 Å². The highest BCUT2D eigenvalue weighted by Gasteiger charge is 2.38. The largest absolute Gasteiger partial charge is 0.415 e. The van der Waals surface area contributed by atoms with Crippen molar-refractivity contribution in [2.24, 2.45) is 5.92 Å². The molecular formula is C10H21F3N2O. The van der Waals surface area contributed by atoms with Crippen molar-refractivity contribution in [2.45, 2.75) is 32.2 Å². The van der Waals surface area contributed by atoms with E-state index >= 15 is 0 Å². The topological polar surface area (TPSA) is 35.5 Å². The number of nitrogens with zero attached hydrogens (tertiary/aromatic N) is 1. The van der Waals surface area contributed by atoms with Crippen LogP contribution in [0.2, 0.25) is 0 Å². The molecule has 0 rings (SSSR count). The van der Waals surface area contributed by atoms with Crippen molar-refractivity contribution < 1.29 is 18.3 Å². The van der Waals surface area contributed by atoms with Crippen LogP contribution < -0.4 is 5.32 Å². The van der Waals surface area contributed by atoms with Gasteiger partial charge in [0.15, 0.2) is 6.10 Å². The molecule has 2 N–H and O–H groups in total. The van der Waals surface area contributed by atoms with Gasteiger partial charge >= 0.3 is 6.18 Å². The fraction of sp³-hybridized carbons (Fsp3) is 1.00. The fourth-order valence-electron chi connectivity index (χ4n) is 1.28. The first-order valence-corrected chi connectivity index (χ1v) is 5.27. The zero-order valence-electron chi connectivity index (χ0n) is 10.2. The van der Waals surface area contributed by atoms with Crippen molar-refractivity contribution in [3.05, 3.63) is 0 Å². The Bertz CT molecular complexity index is 195. The van der Waals surface area contributed by atoms with E-state index in [1.54, 1.807) is 0 Å². The maximum Gasteiger partial charge on any atom is 0.415 e. The van der Waals surface area contributed by atoms with Crippen molar-refractivity contribution in [2.75, 3.05) is 27.2 Å². The maximum absolute atomic E-state index is 12.1. The molecule has 2 unspecified atom stereocenters. The Balaban J connectivity index is 4.12. The minimum atomic E-state index is -4.55. The molecule has 0 aliphatic rings. The van der Waals surface area contributed by atoms with Crippen molar-refractivity contribution >= 4 is 0 Å². The summed E-state index contributed by atoms with van der Waals surface area (Å²) < 4.78 is 36.2. The lowest BCUT2D eigenvalue weighted by Gasteiger charge is -2.27. The lowest BCUT2D eigenvalue weighted by molar-refractivity contribution is -0.202. The highest BCUT2D eigenvalue weighted by molar-refractivity contribution is 4.77. The Morgan fingerprint density at radius 1 is 1.25 bits per heavy atom. The third kappa shape index (κ3) is 6.30. The Kier molecular flexibility index (Phi) is 6.28. The molecular weight excluding hydrogens is 221 g/mol. The van der Waals surface area contributed by atoms with Crippen molar-refractivity contribution in [1.29, 1.82) is 0 Å². The van der Waals surface area contributed by atoms with Gasteiger partial charge in [0.25, 0.3) is 0 Å². The van der Waals surface area contributed by atoms with Gasteiger partial charge in [-0.3, -0.25) is 0 Å². The molecule has 0 aromatic carbocycles. The molecule has 0 fully saturated rings. The molecule has 3 nitrogen and oxygen atoms in total. The van der Waals surface area contributed by atoms with Crippen LogP contribution in [-0.4, -0.2) is 55.5 Å². The standard InChI is InChI=1S/C10H21F3N2O/c1-7(2)8(6-15(3)4)14-5-9(16)10(11,12)13/h7-9,14,16H,5-6H2,1-4H3. The number of rotatable bonds is 6. The van der Waals surface area contributed by atoms with Crippen LogP contribution in [-0.2, 0) is 0 Å². The number of alkyl halides is 3. The van der Waals surface area contributed by atoms with Crippen LogP contribution in [0.3, 0.4) is 0 Å². The van der Waals surface area contributed by atoms with Crippen LogP contribution in [0, 0.1) is 5.92 Å². The molecule has 0 aromatic heterocycles. The number of hydrogen-bond donors (Lipinski definition) is 2. The van der Waals surface area contributed by atoms with Gasteiger partial charge in [0.05, 0.1) is 0 Å². The summed E-state index contributed by atoms with van der Waals surface area (Å²) in [5, 5.41) is 11.6. The van der Waals surface area contributed by atoms with E-state index in [0.29, 0.717) is 6.54 Å². The monoisotopic (exact) mass is 242 g/mol. The van der Waals surface area contributed by atoms with Gasteiger partial charge in [-0.05, 0) is 20.0 Å². The van der Waals surface area contributed by atoms with Gasteiger partial charge in [0.1, 0.15) is 0 Å². The lowest BCUT2D eigenvalue weighted by Crippen LogP contribution is -2.48. The summed E-state index contributed by atoms with van der Waals surface area (Å²) in [7, 11) is 3.72. The molecule has 0 aliphatic carbocycles. The first-order valence-electron chi connectivity index (χ1n) is 5.27. The summed E-state index contributed by atoms with van der Waals surface area (Å²) in [5.74, 6) is 0.211. The molecule has 0 radical (unpaired) electrons. The number of aliphatic hydroxyl groups excluding tert-OH is 1. The Hall–Kier alpha value is -0.330. The summed E-state index contributed by atoms with van der Waals surface area (Å²) in [6.07, 6.45) is -6.84. The highest BCUT2D eigenvalue weighted by Crippen LogP contribution is 2.19. The minimum Gasteiger partial charge on any atom is -0.382 e. The van der Waals surface area contributed by atoms with E-state index in [4.69, 9.17) is 5.11 Å². The molecule has 0 heterocycles. The van der Waals surface area contributed by atoms with Crippen LogP contribution in [0.5, 0.6) is 0 Å². The minimum absolute atomic E-state index is 0.0630. The second kappa shape index (κ2) is 6.42. The average Bonchev–Trinajstić information content (AvgIpc) is 2.08. The number of aliphatic hydroxyl groups is 1. The van der Waals surface area contributed by atoms with E-state index < -0.39 is 18.8 Å². The molecule has 16 heavy (non-hydrogen) atoms. The molecule has 2 atom stereocenters. The summed E-state index contributed by atoms with van der Waals surface area (Å²) in [5.41, 5.74) is 0. The van der Waals surface area contributed by atoms with Crippen LogP contribution in [0.1, 0.15) is 13.8 Å². The summed E-state index contributed by atoms with van der Waals surface area (Å²) in [4.78, 5) is 1.90. The van der Waals surface area contributed by atoms with Crippen molar-refractivity contribution in [3.63, 3.8) is 0 Å². The van der Waals surface area contributed by atoms with Crippen LogP contribution >= 0.6 is 0 Å². The second-order valence-electron chi connectivity index (χ2n) is 4.58. The molecule has 0 aliphatic heterocycles. The number of hydrogen-bond acceptors (Lipinski definition) is 3. The Morgan fingerprint density at radius 2 is 1.75 bits per heavy atom. The lowest BCUT2D eigenvalue weighted by atomic mass is 10.0. The fourth-order valence-corrected chi connectivity index (χ4v) is 1.28. The molecule has 0 saturated heterocycles. The summed E-state index contributed by atoms with van der Waals surface area (Å²) in [6.45, 7) is 4.05. The predicted molar refractivity (Wildman–Crippen MR) is 57.2 cm³/mol.